The van der Waals surface area contributed by atoms with Crippen molar-refractivity contribution in [1.82, 2.24) is 4.98 Å². The fourth-order valence-corrected chi connectivity index (χ4v) is 1.37. The zero-order valence-corrected chi connectivity index (χ0v) is 9.85. The Morgan fingerprint density at radius 1 is 1.30 bits per heavy atom. The van der Waals surface area contributed by atoms with Gasteiger partial charge in [-0.2, -0.15) is 13.2 Å². The van der Waals surface area contributed by atoms with E-state index in [-0.39, 0.29) is 18.1 Å². The molecule has 1 heterocycles. The van der Waals surface area contributed by atoms with E-state index in [2.05, 4.69) is 9.40 Å². The van der Waals surface area contributed by atoms with Crippen LogP contribution in [0, 0.1) is 0 Å². The maximum atomic E-state index is 12.3. The molecule has 2 rings (SSSR count). The van der Waals surface area contributed by atoms with Gasteiger partial charge in [-0.15, -0.1) is 0 Å². The summed E-state index contributed by atoms with van der Waals surface area (Å²) in [5, 5.41) is 8.59. The molecule has 0 aliphatic rings. The molecule has 0 spiro atoms. The van der Waals surface area contributed by atoms with Gasteiger partial charge in [0.15, 0.2) is 0 Å². The van der Waals surface area contributed by atoms with Crippen molar-refractivity contribution in [3.63, 3.8) is 0 Å². The molecule has 0 fully saturated rings. The Kier molecular flexibility index (Phi) is 3.64. The highest BCUT2D eigenvalue weighted by atomic mass is 19.4. The number of carboxylic acids is 1. The lowest BCUT2D eigenvalue weighted by atomic mass is 10.2. The van der Waals surface area contributed by atoms with Gasteiger partial charge in [-0.05, 0) is 24.3 Å². The highest BCUT2D eigenvalue weighted by Gasteiger charge is 2.30. The van der Waals surface area contributed by atoms with Gasteiger partial charge in [0.1, 0.15) is 24.3 Å². The number of nitrogens with zero attached hydrogens (tertiary/aromatic N) is 1. The second kappa shape index (κ2) is 5.24. The van der Waals surface area contributed by atoms with Gasteiger partial charge in [-0.25, -0.2) is 9.78 Å². The van der Waals surface area contributed by atoms with E-state index in [0.717, 1.165) is 18.4 Å². The van der Waals surface area contributed by atoms with E-state index in [9.17, 15) is 18.0 Å². The Bertz CT molecular complexity index is 604. The van der Waals surface area contributed by atoms with Crippen LogP contribution in [0.2, 0.25) is 0 Å². The zero-order chi connectivity index (χ0) is 14.8. The molecule has 0 aliphatic carbocycles. The maximum absolute atomic E-state index is 12.3. The fourth-order valence-electron chi connectivity index (χ4n) is 1.37. The third-order valence-electron chi connectivity index (χ3n) is 2.30. The summed E-state index contributed by atoms with van der Waals surface area (Å²) in [7, 11) is 0. The molecule has 0 saturated carbocycles. The normalized spacial score (nSPS) is 11.3. The van der Waals surface area contributed by atoms with E-state index in [4.69, 9.17) is 9.84 Å². The zero-order valence-electron chi connectivity index (χ0n) is 9.85. The number of hydrogen-bond donors (Lipinski definition) is 1. The van der Waals surface area contributed by atoms with Crippen molar-refractivity contribution in [1.29, 1.82) is 0 Å². The Labute approximate surface area is 110 Å². The number of ether oxygens (including phenoxy) is 1. The third-order valence-corrected chi connectivity index (χ3v) is 2.30. The fraction of sp³-hybridized carbons (Fsp3) is 0.167. The molecular formula is C12H8F3NO4. The SMILES string of the molecule is O=C(O)c1nc(COc2ccc(C(F)(F)F)cc2)co1. The number of rotatable bonds is 4. The molecule has 2 aromatic rings. The molecule has 0 aliphatic heterocycles. The van der Waals surface area contributed by atoms with E-state index in [0.29, 0.717) is 0 Å². The van der Waals surface area contributed by atoms with Crippen LogP contribution < -0.4 is 4.74 Å². The average Bonchev–Trinajstić information content (AvgIpc) is 2.85. The summed E-state index contributed by atoms with van der Waals surface area (Å²) in [6.45, 7) is -0.109. The number of hydrogen-bond acceptors (Lipinski definition) is 4. The topological polar surface area (TPSA) is 72.6 Å². The lowest BCUT2D eigenvalue weighted by Gasteiger charge is -2.08. The minimum Gasteiger partial charge on any atom is -0.487 e. The molecule has 20 heavy (non-hydrogen) atoms. The van der Waals surface area contributed by atoms with Gasteiger partial charge < -0.3 is 14.3 Å². The van der Waals surface area contributed by atoms with E-state index in [1.165, 1.54) is 12.1 Å². The number of carbonyl (C=O) groups is 1. The van der Waals surface area contributed by atoms with Crippen LogP contribution in [-0.2, 0) is 12.8 Å². The van der Waals surface area contributed by atoms with Crippen LogP contribution in [-0.4, -0.2) is 16.1 Å². The van der Waals surface area contributed by atoms with Crippen LogP contribution in [0.1, 0.15) is 21.9 Å². The summed E-state index contributed by atoms with van der Waals surface area (Å²) < 4.78 is 46.8. The molecule has 0 saturated heterocycles. The van der Waals surface area contributed by atoms with E-state index in [1.54, 1.807) is 0 Å². The van der Waals surface area contributed by atoms with Gasteiger partial charge in [-0.1, -0.05) is 0 Å². The van der Waals surface area contributed by atoms with Crippen molar-refractivity contribution in [3.05, 3.63) is 47.7 Å². The summed E-state index contributed by atoms with van der Waals surface area (Å²) in [6.07, 6.45) is -3.30. The number of aromatic carboxylic acids is 1. The molecule has 1 N–H and O–H groups in total. The Hall–Kier alpha value is -2.51. The molecule has 1 aromatic carbocycles. The maximum Gasteiger partial charge on any atom is 0.416 e. The number of alkyl halides is 3. The van der Waals surface area contributed by atoms with Crippen LogP contribution in [0.4, 0.5) is 13.2 Å². The smallest absolute Gasteiger partial charge is 0.416 e. The van der Waals surface area contributed by atoms with Crippen molar-refractivity contribution in [2.24, 2.45) is 0 Å². The second-order valence-electron chi connectivity index (χ2n) is 3.76. The number of aromatic nitrogens is 1. The molecule has 0 amide bonds. The summed E-state index contributed by atoms with van der Waals surface area (Å²) in [5.41, 5.74) is -0.554. The molecule has 0 radical (unpaired) electrons. The Morgan fingerprint density at radius 2 is 1.95 bits per heavy atom. The van der Waals surface area contributed by atoms with E-state index >= 15 is 0 Å². The van der Waals surface area contributed by atoms with Crippen LogP contribution in [0.25, 0.3) is 0 Å². The molecule has 1 aromatic heterocycles. The molecule has 0 atom stereocenters. The first-order valence-electron chi connectivity index (χ1n) is 5.34. The summed E-state index contributed by atoms with van der Waals surface area (Å²) in [5.74, 6) is -1.58. The van der Waals surface area contributed by atoms with E-state index < -0.39 is 23.6 Å². The van der Waals surface area contributed by atoms with Gasteiger partial charge >= 0.3 is 18.0 Å². The van der Waals surface area contributed by atoms with Gasteiger partial charge in [0.25, 0.3) is 0 Å². The summed E-state index contributed by atoms with van der Waals surface area (Å²) >= 11 is 0. The lowest BCUT2D eigenvalue weighted by Crippen LogP contribution is -2.04. The van der Waals surface area contributed by atoms with Crippen LogP contribution in [0.15, 0.2) is 34.9 Å². The highest BCUT2D eigenvalue weighted by molar-refractivity contribution is 5.82. The standard InChI is InChI=1S/C12H8F3NO4/c13-12(14,15)7-1-3-9(4-2-7)19-5-8-6-20-10(16-8)11(17)18/h1-4,6H,5H2,(H,17,18). The van der Waals surface area contributed by atoms with Crippen molar-refractivity contribution < 1.29 is 32.2 Å². The third kappa shape index (κ3) is 3.28. The van der Waals surface area contributed by atoms with Crippen LogP contribution >= 0.6 is 0 Å². The lowest BCUT2D eigenvalue weighted by molar-refractivity contribution is -0.137. The number of benzene rings is 1. The quantitative estimate of drug-likeness (QED) is 0.935. The monoisotopic (exact) mass is 287 g/mol. The minimum absolute atomic E-state index is 0.109. The molecule has 5 nitrogen and oxygen atoms in total. The van der Waals surface area contributed by atoms with Crippen molar-refractivity contribution in [3.8, 4) is 5.75 Å². The highest BCUT2D eigenvalue weighted by Crippen LogP contribution is 2.30. The average molecular weight is 287 g/mol. The predicted octanol–water partition coefficient (Wildman–Crippen LogP) is 2.97. The predicted molar refractivity (Wildman–Crippen MR) is 59.2 cm³/mol. The van der Waals surface area contributed by atoms with Gasteiger partial charge in [0, 0.05) is 0 Å². The van der Waals surface area contributed by atoms with Crippen molar-refractivity contribution in [2.45, 2.75) is 12.8 Å². The van der Waals surface area contributed by atoms with Gasteiger partial charge in [0.05, 0.1) is 5.56 Å². The molecule has 106 valence electrons. The van der Waals surface area contributed by atoms with Crippen molar-refractivity contribution >= 4 is 5.97 Å². The number of halogens is 3. The van der Waals surface area contributed by atoms with E-state index in [1.807, 2.05) is 0 Å². The first-order chi connectivity index (χ1) is 9.36. The number of oxazole rings is 1. The Balaban J connectivity index is 1.98. The first kappa shape index (κ1) is 13.9. The molecule has 0 unspecified atom stereocenters. The van der Waals surface area contributed by atoms with Gasteiger partial charge in [0.2, 0.25) is 0 Å². The first-order valence-corrected chi connectivity index (χ1v) is 5.34. The number of carboxylic acid groups (broad SMARTS) is 1. The molecular weight excluding hydrogens is 279 g/mol. The minimum atomic E-state index is -4.40. The largest absolute Gasteiger partial charge is 0.487 e. The van der Waals surface area contributed by atoms with Crippen LogP contribution in [0.3, 0.4) is 0 Å². The summed E-state index contributed by atoms with van der Waals surface area (Å²) in [4.78, 5) is 14.1. The Morgan fingerprint density at radius 3 is 2.45 bits per heavy atom. The molecule has 8 heteroatoms. The summed E-state index contributed by atoms with van der Waals surface area (Å²) in [6, 6.07) is 4.11. The molecule has 0 bridgehead atoms. The van der Waals surface area contributed by atoms with Gasteiger partial charge in [-0.3, -0.25) is 0 Å². The second-order valence-corrected chi connectivity index (χ2v) is 3.76. The van der Waals surface area contributed by atoms with Crippen molar-refractivity contribution in [2.75, 3.05) is 0 Å². The van der Waals surface area contributed by atoms with Crippen LogP contribution in [0.5, 0.6) is 5.75 Å².